The Morgan fingerprint density at radius 2 is 1.88 bits per heavy atom. The van der Waals surface area contributed by atoms with E-state index in [-0.39, 0.29) is 12.2 Å². The van der Waals surface area contributed by atoms with Gasteiger partial charge in [-0.05, 0) is 48.9 Å². The van der Waals surface area contributed by atoms with Crippen molar-refractivity contribution in [1.82, 2.24) is 9.38 Å². The molecule has 2 amide bonds. The van der Waals surface area contributed by atoms with Crippen LogP contribution in [-0.2, 0) is 6.61 Å². The summed E-state index contributed by atoms with van der Waals surface area (Å²) in [6.45, 7) is 1.71. The van der Waals surface area contributed by atoms with Crippen LogP contribution in [0.25, 0.3) is 5.65 Å². The molecule has 9 heteroatoms. The maximum Gasteiger partial charge on any atom is 0.323 e. The molecule has 0 unspecified atom stereocenters. The van der Waals surface area contributed by atoms with Crippen molar-refractivity contribution in [2.45, 2.75) is 13.5 Å². The van der Waals surface area contributed by atoms with Crippen LogP contribution in [0, 0.1) is 12.7 Å². The standard InChI is InChI=1S/C23H18ClFN4O3/c1-14-5-7-17(10-20(14)25)28-23(31)27-16-3-2-4-19(9-16)32-13-18-11-22(30)29-12-15(24)6-8-21(29)26-18/h2-12H,13H2,1H3,(H2,27,28,31). The van der Waals surface area contributed by atoms with Gasteiger partial charge in [-0.2, -0.15) is 0 Å². The van der Waals surface area contributed by atoms with Gasteiger partial charge in [0, 0.05) is 29.7 Å². The average Bonchev–Trinajstić information content (AvgIpc) is 2.76. The fraction of sp³-hybridized carbons (Fsp3) is 0.0870. The highest BCUT2D eigenvalue weighted by atomic mass is 35.5. The van der Waals surface area contributed by atoms with Crippen molar-refractivity contribution in [2.75, 3.05) is 10.6 Å². The third kappa shape index (κ3) is 5.04. The van der Waals surface area contributed by atoms with Crippen molar-refractivity contribution >= 4 is 34.7 Å². The number of nitrogens with zero attached hydrogens (tertiary/aromatic N) is 2. The number of rotatable bonds is 5. The van der Waals surface area contributed by atoms with E-state index in [2.05, 4.69) is 15.6 Å². The molecule has 0 spiro atoms. The highest BCUT2D eigenvalue weighted by Gasteiger charge is 2.07. The second-order valence-corrected chi connectivity index (χ2v) is 7.46. The zero-order chi connectivity index (χ0) is 22.7. The van der Waals surface area contributed by atoms with Crippen LogP contribution in [-0.4, -0.2) is 15.4 Å². The minimum Gasteiger partial charge on any atom is -0.487 e. The lowest BCUT2D eigenvalue weighted by molar-refractivity contribution is 0.262. The molecule has 0 bridgehead atoms. The Kier molecular flexibility index (Phi) is 6.04. The summed E-state index contributed by atoms with van der Waals surface area (Å²) in [4.78, 5) is 28.9. The number of benzene rings is 2. The van der Waals surface area contributed by atoms with Gasteiger partial charge in [-0.15, -0.1) is 0 Å². The van der Waals surface area contributed by atoms with Crippen molar-refractivity contribution < 1.29 is 13.9 Å². The van der Waals surface area contributed by atoms with Crippen LogP contribution in [0.2, 0.25) is 5.02 Å². The molecule has 0 saturated carbocycles. The molecule has 2 aromatic heterocycles. The van der Waals surface area contributed by atoms with E-state index >= 15 is 0 Å². The Bertz CT molecular complexity index is 1370. The second-order valence-electron chi connectivity index (χ2n) is 7.02. The van der Waals surface area contributed by atoms with Gasteiger partial charge in [0.1, 0.15) is 23.8 Å². The number of anilines is 2. The number of fused-ring (bicyclic) bond motifs is 1. The van der Waals surface area contributed by atoms with E-state index in [9.17, 15) is 14.0 Å². The maximum absolute atomic E-state index is 13.6. The van der Waals surface area contributed by atoms with E-state index in [0.29, 0.717) is 39.1 Å². The number of urea groups is 1. The number of halogens is 2. The number of pyridine rings is 1. The second kappa shape index (κ2) is 9.07. The number of ether oxygens (including phenoxy) is 1. The van der Waals surface area contributed by atoms with Gasteiger partial charge in [-0.1, -0.05) is 23.7 Å². The number of nitrogens with one attached hydrogen (secondary N) is 2. The van der Waals surface area contributed by atoms with Crippen LogP contribution in [0.3, 0.4) is 0 Å². The van der Waals surface area contributed by atoms with Gasteiger partial charge >= 0.3 is 6.03 Å². The first kappa shape index (κ1) is 21.3. The van der Waals surface area contributed by atoms with Crippen molar-refractivity contribution in [3.05, 3.63) is 99.3 Å². The molecule has 2 N–H and O–H groups in total. The summed E-state index contributed by atoms with van der Waals surface area (Å²) < 4.78 is 20.7. The summed E-state index contributed by atoms with van der Waals surface area (Å²) in [6, 6.07) is 15.3. The number of aryl methyl sites for hydroxylation is 1. The third-order valence-electron chi connectivity index (χ3n) is 4.58. The lowest BCUT2D eigenvalue weighted by atomic mass is 10.2. The van der Waals surface area contributed by atoms with Gasteiger partial charge in [0.2, 0.25) is 0 Å². The van der Waals surface area contributed by atoms with Gasteiger partial charge < -0.3 is 15.4 Å². The summed E-state index contributed by atoms with van der Waals surface area (Å²) in [6.07, 6.45) is 1.50. The maximum atomic E-state index is 13.6. The molecule has 0 saturated heterocycles. The highest BCUT2D eigenvalue weighted by molar-refractivity contribution is 6.30. The zero-order valence-corrected chi connectivity index (χ0v) is 17.7. The molecule has 4 rings (SSSR count). The van der Waals surface area contributed by atoms with E-state index in [1.54, 1.807) is 55.5 Å². The highest BCUT2D eigenvalue weighted by Crippen LogP contribution is 2.19. The van der Waals surface area contributed by atoms with Crippen LogP contribution >= 0.6 is 11.6 Å². The monoisotopic (exact) mass is 452 g/mol. The number of hydrogen-bond acceptors (Lipinski definition) is 4. The largest absolute Gasteiger partial charge is 0.487 e. The Morgan fingerprint density at radius 1 is 1.09 bits per heavy atom. The van der Waals surface area contributed by atoms with Crippen LogP contribution in [0.5, 0.6) is 5.75 Å². The molecule has 2 aromatic carbocycles. The SMILES string of the molecule is Cc1ccc(NC(=O)Nc2cccc(OCc3cc(=O)n4cc(Cl)ccc4n3)c2)cc1F. The molecule has 0 radical (unpaired) electrons. The number of carbonyl (C=O) groups is 1. The molecular formula is C23H18ClFN4O3. The average molecular weight is 453 g/mol. The lowest BCUT2D eigenvalue weighted by Gasteiger charge is -2.11. The van der Waals surface area contributed by atoms with E-state index in [1.165, 1.54) is 22.7 Å². The molecule has 0 aliphatic carbocycles. The zero-order valence-electron chi connectivity index (χ0n) is 16.9. The molecule has 7 nitrogen and oxygen atoms in total. The summed E-state index contributed by atoms with van der Waals surface area (Å²) >= 11 is 5.92. The van der Waals surface area contributed by atoms with Crippen LogP contribution in [0.15, 0.2) is 71.7 Å². The molecule has 0 fully saturated rings. The van der Waals surface area contributed by atoms with E-state index in [4.69, 9.17) is 16.3 Å². The van der Waals surface area contributed by atoms with Crippen LogP contribution < -0.4 is 20.9 Å². The first-order valence-corrected chi connectivity index (χ1v) is 10.00. The van der Waals surface area contributed by atoms with Crippen molar-refractivity contribution in [2.24, 2.45) is 0 Å². The Morgan fingerprint density at radius 3 is 2.66 bits per heavy atom. The summed E-state index contributed by atoms with van der Waals surface area (Å²) in [5, 5.41) is 5.68. The topological polar surface area (TPSA) is 84.7 Å². The predicted octanol–water partition coefficient (Wildman–Crippen LogP) is 5.02. The minimum atomic E-state index is -0.520. The number of carbonyl (C=O) groups excluding carboxylic acids is 1. The Hall–Kier alpha value is -3.91. The third-order valence-corrected chi connectivity index (χ3v) is 4.81. The predicted molar refractivity (Wildman–Crippen MR) is 121 cm³/mol. The molecular weight excluding hydrogens is 435 g/mol. The van der Waals surface area contributed by atoms with Gasteiger partial charge in [0.25, 0.3) is 5.56 Å². The first-order valence-electron chi connectivity index (χ1n) is 9.62. The van der Waals surface area contributed by atoms with Crippen LogP contribution in [0.1, 0.15) is 11.3 Å². The summed E-state index contributed by atoms with van der Waals surface area (Å²) in [5.41, 5.74) is 1.96. The van der Waals surface area contributed by atoms with Gasteiger partial charge in [0.15, 0.2) is 0 Å². The molecule has 0 atom stereocenters. The van der Waals surface area contributed by atoms with Gasteiger partial charge in [0.05, 0.1) is 10.7 Å². The Labute approximate surface area is 187 Å². The van der Waals surface area contributed by atoms with Gasteiger partial charge in [-0.25, -0.2) is 14.2 Å². The van der Waals surface area contributed by atoms with Crippen molar-refractivity contribution in [3.63, 3.8) is 0 Å². The Balaban J connectivity index is 1.41. The molecule has 0 aliphatic rings. The normalized spacial score (nSPS) is 10.7. The lowest BCUT2D eigenvalue weighted by Crippen LogP contribution is -2.19. The number of hydrogen-bond donors (Lipinski definition) is 2. The van der Waals surface area contributed by atoms with Gasteiger partial charge in [-0.3, -0.25) is 9.20 Å². The van der Waals surface area contributed by atoms with E-state index in [1.807, 2.05) is 0 Å². The molecule has 32 heavy (non-hydrogen) atoms. The molecule has 0 aliphatic heterocycles. The fourth-order valence-electron chi connectivity index (χ4n) is 2.98. The number of aromatic nitrogens is 2. The minimum absolute atomic E-state index is 0.0622. The summed E-state index contributed by atoms with van der Waals surface area (Å²) in [7, 11) is 0. The smallest absolute Gasteiger partial charge is 0.323 e. The fourth-order valence-corrected chi connectivity index (χ4v) is 3.15. The molecule has 2 heterocycles. The van der Waals surface area contributed by atoms with E-state index < -0.39 is 11.8 Å². The number of amides is 2. The molecule has 162 valence electrons. The summed E-state index contributed by atoms with van der Waals surface area (Å²) in [5.74, 6) is 0.0746. The van der Waals surface area contributed by atoms with Crippen molar-refractivity contribution in [1.29, 1.82) is 0 Å². The molecule has 4 aromatic rings. The quantitative estimate of drug-likeness (QED) is 0.445. The first-order chi connectivity index (χ1) is 15.4. The van der Waals surface area contributed by atoms with E-state index in [0.717, 1.165) is 0 Å². The van der Waals surface area contributed by atoms with Crippen molar-refractivity contribution in [3.8, 4) is 5.75 Å². The van der Waals surface area contributed by atoms with Crippen LogP contribution in [0.4, 0.5) is 20.6 Å².